The van der Waals surface area contributed by atoms with Crippen LogP contribution < -0.4 is 14.4 Å². The zero-order valence-electron chi connectivity index (χ0n) is 19.5. The van der Waals surface area contributed by atoms with Gasteiger partial charge < -0.3 is 14.4 Å². The number of ether oxygens (including phenoxy) is 2. The van der Waals surface area contributed by atoms with Crippen molar-refractivity contribution in [2.24, 2.45) is 4.99 Å². The fourth-order valence-electron chi connectivity index (χ4n) is 5.41. The number of methoxy groups -OCH3 is 1. The average Bonchev–Trinajstić information content (AvgIpc) is 3.07. The maximum absolute atomic E-state index is 6.33. The largest absolute Gasteiger partial charge is 0.493 e. The van der Waals surface area contributed by atoms with Gasteiger partial charge in [-0.25, -0.2) is 0 Å². The summed E-state index contributed by atoms with van der Waals surface area (Å²) in [5, 5.41) is 0. The Hall–Kier alpha value is -2.49. The molecule has 4 nitrogen and oxygen atoms in total. The Kier molecular flexibility index (Phi) is 4.80. The standard InChI is InChI=1S/C27H34N2O2/c1-26(2)16-19-15-22(30-5)25-21(17-27(3,4)31-25)23(19)24(28-26)18-9-11-20(12-10-18)29-13-7-6-8-14-29/h9-12,15H,6-8,13-14,16-17H2,1-5H3. The maximum atomic E-state index is 6.33. The molecule has 3 heterocycles. The van der Waals surface area contributed by atoms with Crippen LogP contribution in [0.4, 0.5) is 5.69 Å². The highest BCUT2D eigenvalue weighted by Crippen LogP contribution is 2.47. The maximum Gasteiger partial charge on any atom is 0.166 e. The SMILES string of the molecule is COc1cc2c(c3c1OC(C)(C)C3)C(c1ccc(N3CCCCC3)cc1)=NC(C)(C)C2. The number of benzene rings is 2. The summed E-state index contributed by atoms with van der Waals surface area (Å²) in [5.74, 6) is 1.74. The summed E-state index contributed by atoms with van der Waals surface area (Å²) in [5.41, 5.74) is 7.03. The van der Waals surface area contributed by atoms with Crippen molar-refractivity contribution in [2.75, 3.05) is 25.1 Å². The monoisotopic (exact) mass is 418 g/mol. The Morgan fingerprint density at radius 3 is 2.35 bits per heavy atom. The molecule has 0 radical (unpaired) electrons. The molecule has 5 rings (SSSR count). The summed E-state index contributed by atoms with van der Waals surface area (Å²) in [4.78, 5) is 7.76. The van der Waals surface area contributed by atoms with Crippen LogP contribution in [0.2, 0.25) is 0 Å². The number of anilines is 1. The van der Waals surface area contributed by atoms with Gasteiger partial charge in [-0.1, -0.05) is 12.1 Å². The van der Waals surface area contributed by atoms with E-state index < -0.39 is 0 Å². The van der Waals surface area contributed by atoms with Crippen LogP contribution in [0.25, 0.3) is 0 Å². The molecule has 0 amide bonds. The first-order chi connectivity index (χ1) is 14.8. The van der Waals surface area contributed by atoms with Gasteiger partial charge in [-0.05, 0) is 77.1 Å². The third-order valence-corrected chi connectivity index (χ3v) is 6.76. The van der Waals surface area contributed by atoms with Gasteiger partial charge in [0.1, 0.15) is 5.60 Å². The molecule has 0 N–H and O–H groups in total. The number of hydrogen-bond donors (Lipinski definition) is 0. The second-order valence-corrected chi connectivity index (χ2v) is 10.5. The van der Waals surface area contributed by atoms with Crippen LogP contribution in [0, 0.1) is 0 Å². The molecule has 2 aromatic carbocycles. The van der Waals surface area contributed by atoms with Crippen LogP contribution in [-0.4, -0.2) is 37.1 Å². The van der Waals surface area contributed by atoms with E-state index in [2.05, 4.69) is 62.9 Å². The molecular formula is C27H34N2O2. The summed E-state index contributed by atoms with van der Waals surface area (Å²) in [6, 6.07) is 11.2. The number of aliphatic imine (C=N–C) groups is 1. The molecule has 2 aromatic rings. The molecule has 1 saturated heterocycles. The van der Waals surface area contributed by atoms with Crippen LogP contribution in [0.15, 0.2) is 35.3 Å². The first-order valence-corrected chi connectivity index (χ1v) is 11.6. The highest BCUT2D eigenvalue weighted by Gasteiger charge is 2.39. The van der Waals surface area contributed by atoms with Crippen molar-refractivity contribution in [3.05, 3.63) is 52.6 Å². The Labute approximate surface area is 186 Å². The van der Waals surface area contributed by atoms with Crippen LogP contribution in [-0.2, 0) is 12.8 Å². The van der Waals surface area contributed by atoms with Gasteiger partial charge in [0.25, 0.3) is 0 Å². The molecule has 3 aliphatic rings. The summed E-state index contributed by atoms with van der Waals surface area (Å²) >= 11 is 0. The fourth-order valence-corrected chi connectivity index (χ4v) is 5.41. The Balaban J connectivity index is 1.60. The van der Waals surface area contributed by atoms with Crippen LogP contribution in [0.3, 0.4) is 0 Å². The van der Waals surface area contributed by atoms with E-state index >= 15 is 0 Å². The lowest BCUT2D eigenvalue weighted by Crippen LogP contribution is -2.31. The Morgan fingerprint density at radius 2 is 1.68 bits per heavy atom. The fraction of sp³-hybridized carbons (Fsp3) is 0.519. The molecule has 0 saturated carbocycles. The quantitative estimate of drug-likeness (QED) is 0.653. The van der Waals surface area contributed by atoms with Crippen molar-refractivity contribution >= 4 is 11.4 Å². The van der Waals surface area contributed by atoms with Gasteiger partial charge >= 0.3 is 0 Å². The second-order valence-electron chi connectivity index (χ2n) is 10.5. The number of nitrogens with zero attached hydrogens (tertiary/aromatic N) is 2. The summed E-state index contributed by atoms with van der Waals surface area (Å²) in [7, 11) is 1.74. The molecule has 0 aromatic heterocycles. The van der Waals surface area contributed by atoms with Crippen molar-refractivity contribution in [1.82, 2.24) is 0 Å². The van der Waals surface area contributed by atoms with Gasteiger partial charge in [0.05, 0.1) is 18.4 Å². The Morgan fingerprint density at radius 1 is 0.968 bits per heavy atom. The van der Waals surface area contributed by atoms with E-state index in [-0.39, 0.29) is 11.1 Å². The van der Waals surface area contributed by atoms with Gasteiger partial charge in [-0.15, -0.1) is 0 Å². The first-order valence-electron chi connectivity index (χ1n) is 11.6. The molecule has 0 bridgehead atoms. The van der Waals surface area contributed by atoms with Gasteiger partial charge in [0, 0.05) is 41.9 Å². The summed E-state index contributed by atoms with van der Waals surface area (Å²) < 4.78 is 12.1. The number of rotatable bonds is 3. The predicted octanol–water partition coefficient (Wildman–Crippen LogP) is 5.57. The normalized spacial score (nSPS) is 21.1. The third-order valence-electron chi connectivity index (χ3n) is 6.76. The Bertz CT molecular complexity index is 1030. The first kappa shape index (κ1) is 20.4. The van der Waals surface area contributed by atoms with Crippen molar-refractivity contribution in [1.29, 1.82) is 0 Å². The highest BCUT2D eigenvalue weighted by atomic mass is 16.5. The predicted molar refractivity (Wildman–Crippen MR) is 127 cm³/mol. The molecule has 0 spiro atoms. The molecular weight excluding hydrogens is 384 g/mol. The van der Waals surface area contributed by atoms with E-state index in [0.29, 0.717) is 0 Å². The highest BCUT2D eigenvalue weighted by molar-refractivity contribution is 6.16. The van der Waals surface area contributed by atoms with Crippen LogP contribution in [0.1, 0.15) is 69.2 Å². The minimum absolute atomic E-state index is 0.151. The molecule has 3 aliphatic heterocycles. The molecule has 0 atom stereocenters. The van der Waals surface area contributed by atoms with Crippen LogP contribution in [0.5, 0.6) is 11.5 Å². The van der Waals surface area contributed by atoms with Crippen molar-refractivity contribution < 1.29 is 9.47 Å². The van der Waals surface area contributed by atoms with E-state index in [0.717, 1.165) is 43.1 Å². The van der Waals surface area contributed by atoms with E-state index in [1.54, 1.807) is 7.11 Å². The summed E-state index contributed by atoms with van der Waals surface area (Å²) in [6.07, 6.45) is 5.71. The average molecular weight is 419 g/mol. The molecule has 31 heavy (non-hydrogen) atoms. The zero-order chi connectivity index (χ0) is 21.8. The number of fused-ring (bicyclic) bond motifs is 3. The lowest BCUT2D eigenvalue weighted by molar-refractivity contribution is 0.134. The lowest BCUT2D eigenvalue weighted by atomic mass is 9.81. The number of hydrogen-bond acceptors (Lipinski definition) is 4. The topological polar surface area (TPSA) is 34.1 Å². The van der Waals surface area contributed by atoms with E-state index in [1.165, 1.54) is 47.2 Å². The number of piperidine rings is 1. The minimum Gasteiger partial charge on any atom is -0.493 e. The third kappa shape index (κ3) is 3.71. The smallest absolute Gasteiger partial charge is 0.166 e. The van der Waals surface area contributed by atoms with Gasteiger partial charge in [-0.2, -0.15) is 0 Å². The molecule has 164 valence electrons. The zero-order valence-corrected chi connectivity index (χ0v) is 19.5. The van der Waals surface area contributed by atoms with Gasteiger partial charge in [-0.3, -0.25) is 4.99 Å². The van der Waals surface area contributed by atoms with Crippen molar-refractivity contribution in [2.45, 2.75) is 70.9 Å². The minimum atomic E-state index is -0.235. The summed E-state index contributed by atoms with van der Waals surface area (Å²) in [6.45, 7) is 11.1. The molecule has 4 heteroatoms. The van der Waals surface area contributed by atoms with Gasteiger partial charge in [0.15, 0.2) is 11.5 Å². The van der Waals surface area contributed by atoms with Gasteiger partial charge in [0.2, 0.25) is 0 Å². The molecule has 0 aliphatic carbocycles. The van der Waals surface area contributed by atoms with E-state index in [4.69, 9.17) is 14.5 Å². The molecule has 1 fully saturated rings. The lowest BCUT2D eigenvalue weighted by Gasteiger charge is -2.31. The van der Waals surface area contributed by atoms with E-state index in [1.807, 2.05) is 0 Å². The second kappa shape index (κ2) is 7.29. The van der Waals surface area contributed by atoms with Crippen molar-refractivity contribution in [3.8, 4) is 11.5 Å². The van der Waals surface area contributed by atoms with Crippen LogP contribution >= 0.6 is 0 Å². The molecule has 0 unspecified atom stereocenters. The van der Waals surface area contributed by atoms with Crippen molar-refractivity contribution in [3.63, 3.8) is 0 Å². The van der Waals surface area contributed by atoms with E-state index in [9.17, 15) is 0 Å².